The number of carbonyl (C=O) groups excluding carboxylic acids is 1. The van der Waals surface area contributed by atoms with E-state index in [2.05, 4.69) is 41.5 Å². The lowest BCUT2D eigenvalue weighted by Gasteiger charge is -2.04. The van der Waals surface area contributed by atoms with Crippen LogP contribution in [0.4, 0.5) is 5.13 Å². The Labute approximate surface area is 127 Å². The number of nitrogens with zero attached hydrogens (tertiary/aromatic N) is 2. The van der Waals surface area contributed by atoms with Gasteiger partial charge in [0.25, 0.3) is 0 Å². The number of hydrogen-bond acceptors (Lipinski definition) is 5. The van der Waals surface area contributed by atoms with Crippen molar-refractivity contribution >= 4 is 28.6 Å². The van der Waals surface area contributed by atoms with Crippen molar-refractivity contribution in [3.63, 3.8) is 0 Å². The predicted molar refractivity (Wildman–Crippen MR) is 86.5 cm³/mol. The number of anilines is 1. The van der Waals surface area contributed by atoms with E-state index in [4.69, 9.17) is 5.73 Å². The fourth-order valence-electron chi connectivity index (χ4n) is 1.75. The number of benzene rings is 1. The van der Waals surface area contributed by atoms with Gasteiger partial charge in [0.15, 0.2) is 5.13 Å². The number of carbonyl (C=O) groups is 1. The Bertz CT molecular complexity index is 631. The van der Waals surface area contributed by atoms with E-state index < -0.39 is 0 Å². The Morgan fingerprint density at radius 1 is 1.43 bits per heavy atom. The van der Waals surface area contributed by atoms with Crippen LogP contribution in [-0.2, 0) is 11.2 Å². The van der Waals surface area contributed by atoms with Crippen LogP contribution in [0.25, 0.3) is 0 Å². The maximum absolute atomic E-state index is 11.7. The first-order valence-electron chi connectivity index (χ1n) is 6.66. The standard InChI is InChI=1S/C15H18N4OS/c1-10(2)12-5-3-11(4-6-12)8-17-19-14(20)7-13-9-21-15(16)18-13/h3-6,8-10H,7H2,1-2H3,(H2,16,18)(H,19,20). The Morgan fingerprint density at radius 2 is 2.14 bits per heavy atom. The molecule has 0 unspecified atom stereocenters. The number of thiazole rings is 1. The minimum absolute atomic E-state index is 0.178. The lowest BCUT2D eigenvalue weighted by Crippen LogP contribution is -2.19. The molecule has 0 aliphatic heterocycles. The van der Waals surface area contributed by atoms with Gasteiger partial charge in [0.1, 0.15) is 0 Å². The molecule has 0 saturated carbocycles. The molecule has 0 fully saturated rings. The van der Waals surface area contributed by atoms with E-state index in [0.717, 1.165) is 5.56 Å². The van der Waals surface area contributed by atoms with Crippen LogP contribution in [0.2, 0.25) is 0 Å². The fraction of sp³-hybridized carbons (Fsp3) is 0.267. The van der Waals surface area contributed by atoms with E-state index in [1.807, 2.05) is 12.1 Å². The van der Waals surface area contributed by atoms with E-state index in [1.165, 1.54) is 16.9 Å². The van der Waals surface area contributed by atoms with Gasteiger partial charge in [-0.25, -0.2) is 10.4 Å². The monoisotopic (exact) mass is 302 g/mol. The van der Waals surface area contributed by atoms with E-state index in [9.17, 15) is 4.79 Å². The Hall–Kier alpha value is -2.21. The zero-order valence-electron chi connectivity index (χ0n) is 12.0. The second-order valence-electron chi connectivity index (χ2n) is 4.97. The molecule has 3 N–H and O–H groups in total. The first-order chi connectivity index (χ1) is 10.0. The Balaban J connectivity index is 1.85. The summed E-state index contributed by atoms with van der Waals surface area (Å²) in [5.74, 6) is 0.289. The molecule has 0 aliphatic rings. The summed E-state index contributed by atoms with van der Waals surface area (Å²) < 4.78 is 0. The number of nitrogen functional groups attached to an aromatic ring is 1. The van der Waals surface area contributed by atoms with Crippen molar-refractivity contribution in [2.45, 2.75) is 26.2 Å². The van der Waals surface area contributed by atoms with Crippen LogP contribution < -0.4 is 11.2 Å². The molecule has 0 atom stereocenters. The van der Waals surface area contributed by atoms with Crippen LogP contribution in [0, 0.1) is 0 Å². The highest BCUT2D eigenvalue weighted by atomic mass is 32.1. The molecule has 6 heteroatoms. The number of aromatic nitrogens is 1. The van der Waals surface area contributed by atoms with Gasteiger partial charge in [-0.3, -0.25) is 4.79 Å². The van der Waals surface area contributed by atoms with E-state index in [0.29, 0.717) is 16.7 Å². The van der Waals surface area contributed by atoms with Crippen molar-refractivity contribution < 1.29 is 4.79 Å². The molecule has 0 bridgehead atoms. The minimum atomic E-state index is -0.213. The second kappa shape index (κ2) is 6.99. The van der Waals surface area contributed by atoms with Crippen LogP contribution in [0.1, 0.15) is 36.6 Å². The molecule has 0 saturated heterocycles. The van der Waals surface area contributed by atoms with Gasteiger partial charge in [0.05, 0.1) is 18.3 Å². The van der Waals surface area contributed by atoms with Gasteiger partial charge in [-0.1, -0.05) is 38.1 Å². The van der Waals surface area contributed by atoms with Crippen molar-refractivity contribution in [3.05, 3.63) is 46.5 Å². The van der Waals surface area contributed by atoms with Crippen molar-refractivity contribution in [3.8, 4) is 0 Å². The number of nitrogens with one attached hydrogen (secondary N) is 1. The molecule has 2 rings (SSSR count). The average Bonchev–Trinajstić information content (AvgIpc) is 2.84. The summed E-state index contributed by atoms with van der Waals surface area (Å²) in [7, 11) is 0. The SMILES string of the molecule is CC(C)c1ccc(C=NNC(=O)Cc2csc(N)n2)cc1. The van der Waals surface area contributed by atoms with E-state index in [1.54, 1.807) is 11.6 Å². The third-order valence-electron chi connectivity index (χ3n) is 2.92. The van der Waals surface area contributed by atoms with Gasteiger partial charge in [0, 0.05) is 5.38 Å². The third kappa shape index (κ3) is 4.68. The van der Waals surface area contributed by atoms with Crippen LogP contribution in [0.15, 0.2) is 34.7 Å². The highest BCUT2D eigenvalue weighted by Gasteiger charge is 2.05. The summed E-state index contributed by atoms with van der Waals surface area (Å²) in [6.45, 7) is 4.29. The summed E-state index contributed by atoms with van der Waals surface area (Å²) in [6, 6.07) is 8.08. The van der Waals surface area contributed by atoms with E-state index >= 15 is 0 Å². The molecule has 1 aromatic carbocycles. The molecular formula is C15H18N4OS. The van der Waals surface area contributed by atoms with Crippen LogP contribution in [0.5, 0.6) is 0 Å². The fourth-order valence-corrected chi connectivity index (χ4v) is 2.32. The highest BCUT2D eigenvalue weighted by Crippen LogP contribution is 2.14. The maximum Gasteiger partial charge on any atom is 0.246 e. The first kappa shape index (κ1) is 15.2. The summed E-state index contributed by atoms with van der Waals surface area (Å²) >= 11 is 1.32. The largest absolute Gasteiger partial charge is 0.375 e. The molecule has 5 nitrogen and oxygen atoms in total. The van der Waals surface area contributed by atoms with Gasteiger partial charge < -0.3 is 5.73 Å². The maximum atomic E-state index is 11.7. The molecule has 0 aliphatic carbocycles. The number of nitrogens with two attached hydrogens (primary N) is 1. The van der Waals surface area contributed by atoms with Crippen molar-refractivity contribution in [2.24, 2.45) is 5.10 Å². The summed E-state index contributed by atoms with van der Waals surface area (Å²) in [6.07, 6.45) is 1.80. The van der Waals surface area contributed by atoms with Crippen molar-refractivity contribution in [1.82, 2.24) is 10.4 Å². The van der Waals surface area contributed by atoms with Gasteiger partial charge in [-0.2, -0.15) is 5.10 Å². The lowest BCUT2D eigenvalue weighted by molar-refractivity contribution is -0.120. The number of amides is 1. The lowest BCUT2D eigenvalue weighted by atomic mass is 10.0. The molecule has 1 heterocycles. The second-order valence-corrected chi connectivity index (χ2v) is 5.86. The highest BCUT2D eigenvalue weighted by molar-refractivity contribution is 7.13. The van der Waals surface area contributed by atoms with Gasteiger partial charge in [0.2, 0.25) is 5.91 Å². The quantitative estimate of drug-likeness (QED) is 0.658. The molecule has 1 amide bonds. The molecule has 0 radical (unpaired) electrons. The molecule has 1 aromatic heterocycles. The normalized spacial score (nSPS) is 11.2. The van der Waals surface area contributed by atoms with E-state index in [-0.39, 0.29) is 12.3 Å². The van der Waals surface area contributed by atoms with Crippen molar-refractivity contribution in [1.29, 1.82) is 0 Å². The van der Waals surface area contributed by atoms with Gasteiger partial charge in [-0.15, -0.1) is 11.3 Å². The molecular weight excluding hydrogens is 284 g/mol. The number of hydrazone groups is 1. The molecule has 0 spiro atoms. The number of hydrogen-bond donors (Lipinski definition) is 2. The summed E-state index contributed by atoms with van der Waals surface area (Å²) in [4.78, 5) is 15.7. The molecule has 2 aromatic rings. The van der Waals surface area contributed by atoms with Crippen LogP contribution >= 0.6 is 11.3 Å². The number of rotatable bonds is 5. The van der Waals surface area contributed by atoms with Crippen LogP contribution in [0.3, 0.4) is 0 Å². The summed E-state index contributed by atoms with van der Waals surface area (Å²) in [5, 5.41) is 6.17. The molecule has 21 heavy (non-hydrogen) atoms. The zero-order chi connectivity index (χ0) is 15.2. The Morgan fingerprint density at radius 3 is 2.71 bits per heavy atom. The topological polar surface area (TPSA) is 80.4 Å². The first-order valence-corrected chi connectivity index (χ1v) is 7.54. The Kier molecular flexibility index (Phi) is 5.05. The summed E-state index contributed by atoms with van der Waals surface area (Å²) in [5.41, 5.74) is 10.9. The zero-order valence-corrected chi connectivity index (χ0v) is 12.9. The van der Waals surface area contributed by atoms with Crippen molar-refractivity contribution in [2.75, 3.05) is 5.73 Å². The third-order valence-corrected chi connectivity index (χ3v) is 3.64. The minimum Gasteiger partial charge on any atom is -0.375 e. The smallest absolute Gasteiger partial charge is 0.246 e. The van der Waals surface area contributed by atoms with Gasteiger partial charge >= 0.3 is 0 Å². The molecule has 110 valence electrons. The van der Waals surface area contributed by atoms with Crippen LogP contribution in [-0.4, -0.2) is 17.1 Å². The average molecular weight is 302 g/mol. The van der Waals surface area contributed by atoms with Gasteiger partial charge in [-0.05, 0) is 17.0 Å². The predicted octanol–water partition coefficient (Wildman–Crippen LogP) is 2.54.